The molecule has 0 unspecified atom stereocenters. The Hall–Kier alpha value is -1.55. The van der Waals surface area contributed by atoms with Crippen LogP contribution in [0.25, 0.3) is 11.5 Å². The monoisotopic (exact) mass is 234 g/mol. The van der Waals surface area contributed by atoms with E-state index in [0.717, 1.165) is 17.0 Å². The van der Waals surface area contributed by atoms with Crippen molar-refractivity contribution in [1.29, 1.82) is 0 Å². The normalized spacial score (nSPS) is 12.0. The molecule has 0 saturated heterocycles. The van der Waals surface area contributed by atoms with E-state index in [1.54, 1.807) is 12.5 Å². The van der Waals surface area contributed by atoms with E-state index >= 15 is 0 Å². The van der Waals surface area contributed by atoms with E-state index in [1.807, 2.05) is 13.0 Å². The van der Waals surface area contributed by atoms with Gasteiger partial charge in [-0.25, -0.2) is 4.98 Å². The fraction of sp³-hybridized carbons (Fsp3) is 0.462. The molecule has 0 spiro atoms. The van der Waals surface area contributed by atoms with Gasteiger partial charge in [0.2, 0.25) is 5.89 Å². The van der Waals surface area contributed by atoms with Crippen LogP contribution in [0.4, 0.5) is 0 Å². The van der Waals surface area contributed by atoms with Crippen LogP contribution < -0.4 is 5.32 Å². The second-order valence-electron chi connectivity index (χ2n) is 5.19. The van der Waals surface area contributed by atoms with E-state index < -0.39 is 0 Å². The maximum absolute atomic E-state index is 5.42. The Kier molecular flexibility index (Phi) is 3.07. The fourth-order valence-corrected chi connectivity index (χ4v) is 1.43. The van der Waals surface area contributed by atoms with E-state index in [-0.39, 0.29) is 5.54 Å². The van der Waals surface area contributed by atoms with Crippen LogP contribution in [0.15, 0.2) is 27.4 Å². The first kappa shape index (κ1) is 11.9. The van der Waals surface area contributed by atoms with Crippen molar-refractivity contribution < 1.29 is 8.83 Å². The van der Waals surface area contributed by atoms with Gasteiger partial charge >= 0.3 is 0 Å². The van der Waals surface area contributed by atoms with Crippen molar-refractivity contribution in [1.82, 2.24) is 10.3 Å². The largest absolute Gasteiger partial charge is 0.469 e. The van der Waals surface area contributed by atoms with Gasteiger partial charge in [0.1, 0.15) is 18.3 Å². The number of aromatic nitrogens is 1. The number of oxazole rings is 1. The highest BCUT2D eigenvalue weighted by Gasteiger charge is 2.12. The van der Waals surface area contributed by atoms with Crippen LogP contribution in [0.3, 0.4) is 0 Å². The highest BCUT2D eigenvalue weighted by molar-refractivity contribution is 5.51. The average molecular weight is 234 g/mol. The zero-order valence-electron chi connectivity index (χ0n) is 10.7. The maximum Gasteiger partial charge on any atom is 0.229 e. The van der Waals surface area contributed by atoms with Gasteiger partial charge < -0.3 is 14.2 Å². The summed E-state index contributed by atoms with van der Waals surface area (Å²) in [5.41, 5.74) is 1.85. The minimum Gasteiger partial charge on any atom is -0.469 e. The Morgan fingerprint density at radius 1 is 1.24 bits per heavy atom. The molecule has 2 aromatic rings. The van der Waals surface area contributed by atoms with Crippen LogP contribution in [-0.4, -0.2) is 10.5 Å². The molecule has 92 valence electrons. The lowest BCUT2D eigenvalue weighted by atomic mass is 10.1. The third-order valence-corrected chi connectivity index (χ3v) is 2.33. The lowest BCUT2D eigenvalue weighted by Gasteiger charge is -2.19. The summed E-state index contributed by atoms with van der Waals surface area (Å²) in [5, 5.41) is 3.36. The molecular weight excluding hydrogens is 216 g/mol. The van der Waals surface area contributed by atoms with Crippen molar-refractivity contribution in [2.75, 3.05) is 0 Å². The van der Waals surface area contributed by atoms with Gasteiger partial charge in [-0.2, -0.15) is 0 Å². The second-order valence-corrected chi connectivity index (χ2v) is 5.19. The molecule has 17 heavy (non-hydrogen) atoms. The molecule has 1 N–H and O–H groups in total. The zero-order chi connectivity index (χ0) is 12.5. The number of aryl methyl sites for hydroxylation is 1. The lowest BCUT2D eigenvalue weighted by molar-refractivity contribution is 0.421. The van der Waals surface area contributed by atoms with Gasteiger partial charge in [0.15, 0.2) is 0 Å². The second kappa shape index (κ2) is 4.37. The topological polar surface area (TPSA) is 51.2 Å². The van der Waals surface area contributed by atoms with Crippen LogP contribution >= 0.6 is 0 Å². The van der Waals surface area contributed by atoms with Gasteiger partial charge in [0.25, 0.3) is 0 Å². The third-order valence-electron chi connectivity index (χ3n) is 2.33. The summed E-state index contributed by atoms with van der Waals surface area (Å²) >= 11 is 0. The summed E-state index contributed by atoms with van der Waals surface area (Å²) in [7, 11) is 0. The van der Waals surface area contributed by atoms with Crippen LogP contribution in [0.5, 0.6) is 0 Å². The molecule has 0 bridgehead atoms. The summed E-state index contributed by atoms with van der Waals surface area (Å²) < 4.78 is 10.6. The molecule has 2 rings (SSSR count). The molecule has 0 saturated carbocycles. The minimum atomic E-state index is 0.0747. The van der Waals surface area contributed by atoms with E-state index in [0.29, 0.717) is 12.4 Å². The summed E-state index contributed by atoms with van der Waals surface area (Å²) in [6.07, 6.45) is 3.33. The van der Waals surface area contributed by atoms with Crippen LogP contribution in [-0.2, 0) is 6.54 Å². The third kappa shape index (κ3) is 3.20. The number of nitrogens with one attached hydrogen (secondary N) is 1. The van der Waals surface area contributed by atoms with Crippen molar-refractivity contribution in [3.63, 3.8) is 0 Å². The molecule has 4 heteroatoms. The fourth-order valence-electron chi connectivity index (χ4n) is 1.43. The molecule has 2 heterocycles. The van der Waals surface area contributed by atoms with Crippen molar-refractivity contribution in [3.8, 4) is 11.5 Å². The zero-order valence-corrected chi connectivity index (χ0v) is 10.7. The Bertz CT molecular complexity index is 491. The first-order valence-electron chi connectivity index (χ1n) is 5.69. The van der Waals surface area contributed by atoms with E-state index in [2.05, 4.69) is 31.1 Å². The quantitative estimate of drug-likeness (QED) is 0.886. The maximum atomic E-state index is 5.42. The molecule has 0 atom stereocenters. The molecule has 0 aromatic carbocycles. The summed E-state index contributed by atoms with van der Waals surface area (Å²) in [4.78, 5) is 4.41. The van der Waals surface area contributed by atoms with Gasteiger partial charge in [0, 0.05) is 12.1 Å². The number of hydrogen-bond donors (Lipinski definition) is 1. The number of hydrogen-bond acceptors (Lipinski definition) is 4. The first-order valence-corrected chi connectivity index (χ1v) is 5.69. The molecule has 0 aliphatic rings. The van der Waals surface area contributed by atoms with Crippen molar-refractivity contribution in [2.45, 2.75) is 39.8 Å². The molecule has 0 amide bonds. The van der Waals surface area contributed by atoms with E-state index in [4.69, 9.17) is 8.83 Å². The standard InChI is InChI=1S/C13H18N2O2/c1-9-5-10(7-16-9)12-15-11(8-17-12)6-14-13(2,3)4/h5,7-8,14H,6H2,1-4H3. The molecule has 0 radical (unpaired) electrons. The summed E-state index contributed by atoms with van der Waals surface area (Å²) in [6, 6.07) is 1.91. The van der Waals surface area contributed by atoms with Gasteiger partial charge in [-0.3, -0.25) is 0 Å². The van der Waals surface area contributed by atoms with Gasteiger partial charge in [0.05, 0.1) is 11.3 Å². The number of furan rings is 1. The molecule has 0 aliphatic carbocycles. The predicted molar refractivity (Wildman–Crippen MR) is 65.5 cm³/mol. The van der Waals surface area contributed by atoms with Gasteiger partial charge in [-0.1, -0.05) is 0 Å². The minimum absolute atomic E-state index is 0.0747. The van der Waals surface area contributed by atoms with E-state index in [9.17, 15) is 0 Å². The Balaban J connectivity index is 2.06. The van der Waals surface area contributed by atoms with E-state index in [1.165, 1.54) is 0 Å². The van der Waals surface area contributed by atoms with Crippen molar-refractivity contribution >= 4 is 0 Å². The lowest BCUT2D eigenvalue weighted by Crippen LogP contribution is -2.35. The van der Waals surface area contributed by atoms with Crippen LogP contribution in [0.2, 0.25) is 0 Å². The predicted octanol–water partition coefficient (Wildman–Crippen LogP) is 3.13. The Morgan fingerprint density at radius 3 is 2.59 bits per heavy atom. The number of rotatable bonds is 3. The first-order chi connectivity index (χ1) is 7.94. The highest BCUT2D eigenvalue weighted by atomic mass is 16.3. The molecule has 0 aliphatic heterocycles. The SMILES string of the molecule is Cc1cc(-c2nc(CNC(C)(C)C)co2)co1. The van der Waals surface area contributed by atoms with Crippen LogP contribution in [0.1, 0.15) is 32.2 Å². The average Bonchev–Trinajstić information content (AvgIpc) is 2.81. The molecule has 0 fully saturated rings. The van der Waals surface area contributed by atoms with Crippen LogP contribution in [0, 0.1) is 6.92 Å². The molecular formula is C13H18N2O2. The summed E-state index contributed by atoms with van der Waals surface area (Å²) in [6.45, 7) is 8.95. The molecule has 4 nitrogen and oxygen atoms in total. The number of nitrogens with zero attached hydrogens (tertiary/aromatic N) is 1. The smallest absolute Gasteiger partial charge is 0.229 e. The highest BCUT2D eigenvalue weighted by Crippen LogP contribution is 2.21. The van der Waals surface area contributed by atoms with Gasteiger partial charge in [-0.05, 0) is 33.8 Å². The van der Waals surface area contributed by atoms with Crippen molar-refractivity contribution in [3.05, 3.63) is 30.0 Å². The Labute approximate surface area is 101 Å². The van der Waals surface area contributed by atoms with Crippen molar-refractivity contribution in [2.24, 2.45) is 0 Å². The van der Waals surface area contributed by atoms with Gasteiger partial charge in [-0.15, -0.1) is 0 Å². The Morgan fingerprint density at radius 2 is 2.00 bits per heavy atom. The summed E-state index contributed by atoms with van der Waals surface area (Å²) in [5.74, 6) is 1.46. The molecule has 2 aromatic heterocycles.